The maximum Gasteiger partial charge on any atom is 0.255 e. The topological polar surface area (TPSA) is 114 Å². The van der Waals surface area contributed by atoms with E-state index in [1.807, 2.05) is 0 Å². The molecule has 1 aliphatic heterocycles. The zero-order valence-electron chi connectivity index (χ0n) is 10.8. The number of rotatable bonds is 5. The highest BCUT2D eigenvalue weighted by atomic mass is 16.5. The predicted molar refractivity (Wildman–Crippen MR) is 72.2 cm³/mol. The van der Waals surface area contributed by atoms with Crippen molar-refractivity contribution in [2.24, 2.45) is 5.73 Å². The summed E-state index contributed by atoms with van der Waals surface area (Å²) in [5.41, 5.74) is 5.54. The van der Waals surface area contributed by atoms with Crippen LogP contribution in [-0.4, -0.2) is 42.2 Å². The molecule has 2 rings (SSSR count). The normalized spacial score (nSPS) is 21.4. The summed E-state index contributed by atoms with van der Waals surface area (Å²) < 4.78 is 5.15. The minimum atomic E-state index is -0.566. The van der Waals surface area contributed by atoms with Crippen LogP contribution in [0.1, 0.15) is 6.42 Å². The Hall–Kier alpha value is -2.12. The van der Waals surface area contributed by atoms with E-state index in [1.165, 1.54) is 0 Å². The van der Waals surface area contributed by atoms with Crippen molar-refractivity contribution < 1.29 is 19.4 Å². The van der Waals surface area contributed by atoms with E-state index in [-0.39, 0.29) is 12.5 Å². The van der Waals surface area contributed by atoms with Crippen molar-refractivity contribution in [3.8, 4) is 5.75 Å². The second kappa shape index (κ2) is 6.36. The van der Waals surface area contributed by atoms with E-state index in [1.54, 1.807) is 24.3 Å². The highest BCUT2D eigenvalue weighted by molar-refractivity contribution is 5.95. The number of nitrogens with two attached hydrogens (primary N) is 1. The number of β-amino-alcohol motifs (C(OH)–C–C–N with tert-alkyl or cyclic N) is 1. The Morgan fingerprint density at radius 3 is 2.95 bits per heavy atom. The average molecular weight is 279 g/mol. The van der Waals surface area contributed by atoms with E-state index in [0.29, 0.717) is 24.4 Å². The molecule has 0 aromatic heterocycles. The first kappa shape index (κ1) is 14.3. The van der Waals surface area contributed by atoms with E-state index in [2.05, 4.69) is 10.6 Å². The molecule has 1 saturated heterocycles. The zero-order valence-corrected chi connectivity index (χ0v) is 10.8. The fourth-order valence-corrected chi connectivity index (χ4v) is 1.96. The molecule has 7 heteroatoms. The Balaban J connectivity index is 1.93. The maximum atomic E-state index is 11.9. The van der Waals surface area contributed by atoms with Gasteiger partial charge in [-0.05, 0) is 18.6 Å². The number of primary amides is 1. The molecule has 0 radical (unpaired) electrons. The molecule has 1 aromatic rings. The molecule has 20 heavy (non-hydrogen) atoms. The highest BCUT2D eigenvalue weighted by Crippen LogP contribution is 2.18. The van der Waals surface area contributed by atoms with Crippen molar-refractivity contribution in [1.82, 2.24) is 5.32 Å². The van der Waals surface area contributed by atoms with Gasteiger partial charge in [0, 0.05) is 18.3 Å². The monoisotopic (exact) mass is 279 g/mol. The van der Waals surface area contributed by atoms with Gasteiger partial charge < -0.3 is 26.2 Å². The zero-order chi connectivity index (χ0) is 14.5. The standard InChI is InChI=1S/C13H17N3O4/c14-12(18)7-20-10-3-1-2-8(4-10)16-13(19)11-5-9(17)6-15-11/h1-4,9,11,15,17H,5-7H2,(H2,14,18)(H,16,19). The summed E-state index contributed by atoms with van der Waals surface area (Å²) in [6.07, 6.45) is -0.0973. The molecule has 0 saturated carbocycles. The van der Waals surface area contributed by atoms with Gasteiger partial charge in [0.15, 0.2) is 6.61 Å². The van der Waals surface area contributed by atoms with Crippen LogP contribution in [0.2, 0.25) is 0 Å². The van der Waals surface area contributed by atoms with Crippen LogP contribution in [0.25, 0.3) is 0 Å². The van der Waals surface area contributed by atoms with Gasteiger partial charge >= 0.3 is 0 Å². The third-order valence-electron chi connectivity index (χ3n) is 2.91. The molecule has 1 heterocycles. The van der Waals surface area contributed by atoms with Gasteiger partial charge in [-0.25, -0.2) is 0 Å². The second-order valence-corrected chi connectivity index (χ2v) is 4.62. The first-order chi connectivity index (χ1) is 9.54. The highest BCUT2D eigenvalue weighted by Gasteiger charge is 2.27. The van der Waals surface area contributed by atoms with Crippen LogP contribution >= 0.6 is 0 Å². The number of hydrogen-bond donors (Lipinski definition) is 4. The summed E-state index contributed by atoms with van der Waals surface area (Å²) in [4.78, 5) is 22.6. The van der Waals surface area contributed by atoms with Crippen LogP contribution in [-0.2, 0) is 9.59 Å². The van der Waals surface area contributed by atoms with Gasteiger partial charge in [0.25, 0.3) is 5.91 Å². The molecular formula is C13H17N3O4. The second-order valence-electron chi connectivity index (χ2n) is 4.62. The van der Waals surface area contributed by atoms with Crippen LogP contribution in [0.15, 0.2) is 24.3 Å². The molecule has 7 nitrogen and oxygen atoms in total. The van der Waals surface area contributed by atoms with Gasteiger partial charge in [-0.2, -0.15) is 0 Å². The van der Waals surface area contributed by atoms with Crippen molar-refractivity contribution in [3.05, 3.63) is 24.3 Å². The number of benzene rings is 1. The van der Waals surface area contributed by atoms with Crippen LogP contribution in [0.3, 0.4) is 0 Å². The lowest BCUT2D eigenvalue weighted by Crippen LogP contribution is -2.35. The Morgan fingerprint density at radius 1 is 1.50 bits per heavy atom. The SMILES string of the molecule is NC(=O)COc1cccc(NC(=O)C2CC(O)CN2)c1. The quantitative estimate of drug-likeness (QED) is 0.564. The molecule has 5 N–H and O–H groups in total. The van der Waals surface area contributed by atoms with Crippen molar-refractivity contribution in [2.45, 2.75) is 18.6 Å². The number of nitrogens with one attached hydrogen (secondary N) is 2. The molecule has 0 aliphatic carbocycles. The van der Waals surface area contributed by atoms with Crippen molar-refractivity contribution in [3.63, 3.8) is 0 Å². The first-order valence-corrected chi connectivity index (χ1v) is 6.28. The summed E-state index contributed by atoms with van der Waals surface area (Å²) in [5.74, 6) is -0.335. The van der Waals surface area contributed by atoms with Crippen molar-refractivity contribution in [2.75, 3.05) is 18.5 Å². The van der Waals surface area contributed by atoms with Crippen LogP contribution in [0.4, 0.5) is 5.69 Å². The number of ether oxygens (including phenoxy) is 1. The number of anilines is 1. The lowest BCUT2D eigenvalue weighted by atomic mass is 10.2. The van der Waals surface area contributed by atoms with Gasteiger partial charge in [-0.3, -0.25) is 9.59 Å². The molecular weight excluding hydrogens is 262 g/mol. The van der Waals surface area contributed by atoms with E-state index < -0.39 is 18.1 Å². The molecule has 2 amide bonds. The number of amides is 2. The predicted octanol–water partition coefficient (Wildman–Crippen LogP) is -0.788. The lowest BCUT2D eigenvalue weighted by molar-refractivity contribution is -0.120. The summed E-state index contributed by atoms with van der Waals surface area (Å²) in [6.45, 7) is 0.202. The molecule has 108 valence electrons. The number of carbonyl (C=O) groups is 2. The third kappa shape index (κ3) is 3.94. The molecule has 1 aliphatic rings. The number of aliphatic hydroxyl groups excluding tert-OH is 1. The molecule has 2 atom stereocenters. The van der Waals surface area contributed by atoms with Crippen LogP contribution in [0, 0.1) is 0 Å². The lowest BCUT2D eigenvalue weighted by Gasteiger charge is -2.12. The average Bonchev–Trinajstić information content (AvgIpc) is 2.84. The molecule has 2 unspecified atom stereocenters. The fourth-order valence-electron chi connectivity index (χ4n) is 1.96. The van der Waals surface area contributed by atoms with Gasteiger partial charge in [0.2, 0.25) is 5.91 Å². The molecule has 0 spiro atoms. The smallest absolute Gasteiger partial charge is 0.255 e. The summed E-state index contributed by atoms with van der Waals surface area (Å²) in [7, 11) is 0. The van der Waals surface area contributed by atoms with Gasteiger partial charge in [-0.15, -0.1) is 0 Å². The van der Waals surface area contributed by atoms with E-state index in [0.717, 1.165) is 0 Å². The number of carbonyl (C=O) groups excluding carboxylic acids is 2. The van der Waals surface area contributed by atoms with Crippen LogP contribution in [0.5, 0.6) is 5.75 Å². The Morgan fingerprint density at radius 2 is 2.30 bits per heavy atom. The van der Waals surface area contributed by atoms with Crippen molar-refractivity contribution >= 4 is 17.5 Å². The van der Waals surface area contributed by atoms with Crippen molar-refractivity contribution in [1.29, 1.82) is 0 Å². The first-order valence-electron chi connectivity index (χ1n) is 6.28. The van der Waals surface area contributed by atoms with Gasteiger partial charge in [0.05, 0.1) is 12.1 Å². The van der Waals surface area contributed by atoms with E-state index in [4.69, 9.17) is 10.5 Å². The van der Waals surface area contributed by atoms with Gasteiger partial charge in [-0.1, -0.05) is 6.07 Å². The van der Waals surface area contributed by atoms with Gasteiger partial charge in [0.1, 0.15) is 5.75 Å². The maximum absolute atomic E-state index is 11.9. The molecule has 1 aromatic carbocycles. The van der Waals surface area contributed by atoms with Crippen LogP contribution < -0.4 is 21.1 Å². The number of aliphatic hydroxyl groups is 1. The summed E-state index contributed by atoms with van der Waals surface area (Å²) in [6, 6.07) is 6.27. The fraction of sp³-hybridized carbons (Fsp3) is 0.385. The van der Waals surface area contributed by atoms with E-state index >= 15 is 0 Å². The van der Waals surface area contributed by atoms with E-state index in [9.17, 15) is 14.7 Å². The molecule has 1 fully saturated rings. The molecule has 0 bridgehead atoms. The third-order valence-corrected chi connectivity index (χ3v) is 2.91. The Kier molecular flexibility index (Phi) is 4.54. The largest absolute Gasteiger partial charge is 0.484 e. The summed E-state index contributed by atoms with van der Waals surface area (Å²) in [5, 5.41) is 15.0. The summed E-state index contributed by atoms with van der Waals surface area (Å²) >= 11 is 0. The Labute approximate surface area is 116 Å². The number of hydrogen-bond acceptors (Lipinski definition) is 5. The minimum absolute atomic E-state index is 0.214. The minimum Gasteiger partial charge on any atom is -0.484 e. The Bertz CT molecular complexity index is 506.